The average Bonchev–Trinajstić information content (AvgIpc) is 2.24. The van der Waals surface area contributed by atoms with Crippen LogP contribution in [0.3, 0.4) is 0 Å². The summed E-state index contributed by atoms with van der Waals surface area (Å²) >= 11 is 0. The van der Waals surface area contributed by atoms with Crippen LogP contribution in [0.4, 0.5) is 9.59 Å². The van der Waals surface area contributed by atoms with E-state index in [0.717, 1.165) is 0 Å². The van der Waals surface area contributed by atoms with Gasteiger partial charge in [-0.1, -0.05) is 0 Å². The molecule has 0 saturated carbocycles. The molecule has 0 fully saturated rings. The molecule has 6 heteroatoms. The number of carbonyl (C=O) groups is 2. The second kappa shape index (κ2) is 5.73. The van der Waals surface area contributed by atoms with E-state index in [1.165, 1.54) is 22.2 Å². The fourth-order valence-electron chi connectivity index (χ4n) is 1.47. The lowest BCUT2D eigenvalue weighted by molar-refractivity contribution is 0.0205. The Labute approximate surface area is 120 Å². The maximum Gasteiger partial charge on any atom is 0.414 e. The van der Waals surface area contributed by atoms with Crippen LogP contribution in [-0.2, 0) is 9.47 Å². The van der Waals surface area contributed by atoms with Gasteiger partial charge in [-0.25, -0.2) is 9.59 Å². The van der Waals surface area contributed by atoms with E-state index < -0.39 is 23.4 Å². The lowest BCUT2D eigenvalue weighted by Crippen LogP contribution is -2.44. The minimum atomic E-state index is -0.535. The van der Waals surface area contributed by atoms with Crippen LogP contribution in [0.1, 0.15) is 41.5 Å². The topological polar surface area (TPSA) is 59.1 Å². The fraction of sp³-hybridized carbons (Fsp3) is 0.714. The third kappa shape index (κ3) is 5.50. The number of nitrogens with zero attached hydrogens (tertiary/aromatic N) is 2. The van der Waals surface area contributed by atoms with Crippen molar-refractivity contribution in [1.29, 1.82) is 0 Å². The molecule has 2 amide bonds. The molecular formula is C14H24N2O4. The van der Waals surface area contributed by atoms with Crippen molar-refractivity contribution in [2.75, 3.05) is 13.1 Å². The van der Waals surface area contributed by atoms with E-state index in [-0.39, 0.29) is 0 Å². The highest BCUT2D eigenvalue weighted by atomic mass is 16.6. The molecule has 1 heterocycles. The summed E-state index contributed by atoms with van der Waals surface area (Å²) in [6, 6.07) is 0. The Hall–Kier alpha value is -1.72. The summed E-state index contributed by atoms with van der Waals surface area (Å²) in [5.74, 6) is 0. The molecule has 6 nitrogen and oxygen atoms in total. The van der Waals surface area contributed by atoms with Crippen LogP contribution < -0.4 is 0 Å². The van der Waals surface area contributed by atoms with Crippen molar-refractivity contribution in [2.45, 2.75) is 52.7 Å². The molecule has 0 bridgehead atoms. The van der Waals surface area contributed by atoms with Crippen LogP contribution in [-0.4, -0.2) is 46.3 Å². The molecule has 0 aromatic heterocycles. The zero-order valence-electron chi connectivity index (χ0n) is 13.1. The monoisotopic (exact) mass is 284 g/mol. The third-order valence-corrected chi connectivity index (χ3v) is 2.26. The Morgan fingerprint density at radius 2 is 1.10 bits per heavy atom. The molecule has 114 valence electrons. The Morgan fingerprint density at radius 3 is 1.30 bits per heavy atom. The minimum absolute atomic E-state index is 0.380. The van der Waals surface area contributed by atoms with Gasteiger partial charge in [0, 0.05) is 25.5 Å². The Morgan fingerprint density at radius 1 is 0.800 bits per heavy atom. The van der Waals surface area contributed by atoms with E-state index in [1.54, 1.807) is 0 Å². The zero-order valence-corrected chi connectivity index (χ0v) is 13.1. The Balaban J connectivity index is 2.57. The number of amides is 2. The van der Waals surface area contributed by atoms with Gasteiger partial charge >= 0.3 is 12.2 Å². The molecule has 0 aromatic carbocycles. The summed E-state index contributed by atoms with van der Waals surface area (Å²) in [6.45, 7) is 11.6. The van der Waals surface area contributed by atoms with Gasteiger partial charge in [0.2, 0.25) is 0 Å². The minimum Gasteiger partial charge on any atom is -0.443 e. The van der Waals surface area contributed by atoms with Gasteiger partial charge in [-0.15, -0.1) is 0 Å². The molecule has 0 N–H and O–H groups in total. The van der Waals surface area contributed by atoms with Gasteiger partial charge in [0.1, 0.15) is 11.2 Å². The normalized spacial score (nSPS) is 16.1. The van der Waals surface area contributed by atoms with Gasteiger partial charge in [0.15, 0.2) is 0 Å². The van der Waals surface area contributed by atoms with Gasteiger partial charge in [0.25, 0.3) is 0 Å². The number of ether oxygens (including phenoxy) is 2. The molecular weight excluding hydrogens is 260 g/mol. The van der Waals surface area contributed by atoms with E-state index in [1.807, 2.05) is 41.5 Å². The molecule has 0 aromatic rings. The summed E-state index contributed by atoms with van der Waals surface area (Å²) < 4.78 is 10.5. The summed E-state index contributed by atoms with van der Waals surface area (Å²) in [4.78, 5) is 26.5. The van der Waals surface area contributed by atoms with E-state index in [9.17, 15) is 9.59 Å². The van der Waals surface area contributed by atoms with Gasteiger partial charge in [-0.05, 0) is 41.5 Å². The predicted molar refractivity (Wildman–Crippen MR) is 75.0 cm³/mol. The van der Waals surface area contributed by atoms with E-state index in [4.69, 9.17) is 9.47 Å². The van der Waals surface area contributed by atoms with Crippen molar-refractivity contribution in [1.82, 2.24) is 9.80 Å². The molecule has 20 heavy (non-hydrogen) atoms. The quantitative estimate of drug-likeness (QED) is 0.686. The Kier molecular flexibility index (Phi) is 4.68. The van der Waals surface area contributed by atoms with E-state index in [0.29, 0.717) is 13.1 Å². The zero-order chi connectivity index (χ0) is 15.6. The highest BCUT2D eigenvalue weighted by molar-refractivity contribution is 5.72. The number of carbonyl (C=O) groups excluding carboxylic acids is 2. The fourth-order valence-corrected chi connectivity index (χ4v) is 1.47. The first-order chi connectivity index (χ1) is 8.98. The molecule has 0 radical (unpaired) electrons. The van der Waals surface area contributed by atoms with Crippen LogP contribution in [0.2, 0.25) is 0 Å². The smallest absolute Gasteiger partial charge is 0.414 e. The molecule has 0 unspecified atom stereocenters. The van der Waals surface area contributed by atoms with Gasteiger partial charge in [-0.2, -0.15) is 0 Å². The standard InChI is InChI=1S/C14H24N2O4/c1-13(2,3)19-11(17)15-7-9-16(10-8-15)12(18)20-14(4,5)6/h7,9H,8,10H2,1-6H3. The van der Waals surface area contributed by atoms with Crippen molar-refractivity contribution in [3.63, 3.8) is 0 Å². The summed E-state index contributed by atoms with van der Waals surface area (Å²) in [7, 11) is 0. The van der Waals surface area contributed by atoms with Crippen LogP contribution >= 0.6 is 0 Å². The summed E-state index contributed by atoms with van der Waals surface area (Å²) in [5.41, 5.74) is -1.07. The summed E-state index contributed by atoms with van der Waals surface area (Å²) in [6.07, 6.45) is 2.22. The van der Waals surface area contributed by atoms with E-state index >= 15 is 0 Å². The van der Waals surface area contributed by atoms with Crippen molar-refractivity contribution in [3.8, 4) is 0 Å². The van der Waals surface area contributed by atoms with Crippen LogP contribution in [0, 0.1) is 0 Å². The van der Waals surface area contributed by atoms with Gasteiger partial charge < -0.3 is 9.47 Å². The molecule has 1 aliphatic heterocycles. The second-order valence-corrected chi connectivity index (χ2v) is 6.65. The summed E-state index contributed by atoms with van der Waals surface area (Å²) in [5, 5.41) is 0. The van der Waals surface area contributed by atoms with Crippen LogP contribution in [0.25, 0.3) is 0 Å². The van der Waals surface area contributed by atoms with Crippen molar-refractivity contribution in [3.05, 3.63) is 12.4 Å². The molecule has 1 aliphatic rings. The van der Waals surface area contributed by atoms with Crippen molar-refractivity contribution < 1.29 is 19.1 Å². The second-order valence-electron chi connectivity index (χ2n) is 6.65. The average molecular weight is 284 g/mol. The lowest BCUT2D eigenvalue weighted by atomic mass is 10.2. The number of rotatable bonds is 0. The molecule has 0 atom stereocenters. The first-order valence-electron chi connectivity index (χ1n) is 6.65. The maximum absolute atomic E-state index is 11.8. The van der Waals surface area contributed by atoms with Crippen molar-refractivity contribution in [2.24, 2.45) is 0 Å². The molecule has 0 saturated heterocycles. The van der Waals surface area contributed by atoms with Gasteiger partial charge in [-0.3, -0.25) is 9.80 Å². The largest absolute Gasteiger partial charge is 0.443 e. The maximum atomic E-state index is 11.8. The highest BCUT2D eigenvalue weighted by Crippen LogP contribution is 2.15. The van der Waals surface area contributed by atoms with Crippen LogP contribution in [0.5, 0.6) is 0 Å². The first-order valence-corrected chi connectivity index (χ1v) is 6.65. The predicted octanol–water partition coefficient (Wildman–Crippen LogP) is 2.95. The van der Waals surface area contributed by atoms with Crippen molar-refractivity contribution >= 4 is 12.2 Å². The third-order valence-electron chi connectivity index (χ3n) is 2.26. The van der Waals surface area contributed by atoms with E-state index in [2.05, 4.69) is 0 Å². The number of hydrogen-bond acceptors (Lipinski definition) is 4. The lowest BCUT2D eigenvalue weighted by Gasteiger charge is -2.31. The SMILES string of the molecule is CC(C)(C)OC(=O)N1C=CN(C(=O)OC(C)(C)C)CC1. The first kappa shape index (κ1) is 16.3. The molecule has 0 spiro atoms. The molecule has 0 aliphatic carbocycles. The Bertz CT molecular complexity index is 366. The van der Waals surface area contributed by atoms with Gasteiger partial charge in [0.05, 0.1) is 0 Å². The highest BCUT2D eigenvalue weighted by Gasteiger charge is 2.26. The molecule has 1 rings (SSSR count). The number of hydrogen-bond donors (Lipinski definition) is 0. The van der Waals surface area contributed by atoms with Crippen LogP contribution in [0.15, 0.2) is 12.4 Å².